The summed E-state index contributed by atoms with van der Waals surface area (Å²) in [5.41, 5.74) is 1.58. The fourth-order valence-electron chi connectivity index (χ4n) is 3.28. The molecule has 1 nitrogen and oxygen atoms in total. The smallest absolute Gasteiger partial charge is 0.00475 e. The lowest BCUT2D eigenvalue weighted by atomic mass is 9.66. The Morgan fingerprint density at radius 3 is 2.27 bits per heavy atom. The summed E-state index contributed by atoms with van der Waals surface area (Å²) in [4.78, 5) is 2.64. The molecule has 4 rings (SSSR count). The summed E-state index contributed by atoms with van der Waals surface area (Å²) >= 11 is 0. The maximum atomic E-state index is 4.23. The molecule has 0 aromatic carbocycles. The Hall–Kier alpha value is -0.300. The van der Waals surface area contributed by atoms with E-state index >= 15 is 0 Å². The van der Waals surface area contributed by atoms with Crippen LogP contribution in [0.2, 0.25) is 0 Å². The highest BCUT2D eigenvalue weighted by Gasteiger charge is 2.42. The van der Waals surface area contributed by atoms with Crippen molar-refractivity contribution in [3.8, 4) is 0 Å². The highest BCUT2D eigenvalue weighted by Crippen LogP contribution is 2.45. The van der Waals surface area contributed by atoms with Crippen LogP contribution in [-0.2, 0) is 0 Å². The van der Waals surface area contributed by atoms with Gasteiger partial charge in [0.05, 0.1) is 0 Å². The highest BCUT2D eigenvalue weighted by atomic mass is 15.2. The van der Waals surface area contributed by atoms with Crippen LogP contribution in [0.3, 0.4) is 0 Å². The zero-order valence-electron chi connectivity index (χ0n) is 6.92. The van der Waals surface area contributed by atoms with E-state index in [1.807, 2.05) is 0 Å². The van der Waals surface area contributed by atoms with Gasteiger partial charge in [-0.2, -0.15) is 0 Å². The van der Waals surface area contributed by atoms with Gasteiger partial charge >= 0.3 is 0 Å². The lowest BCUT2D eigenvalue weighted by molar-refractivity contribution is 0.0254. The van der Waals surface area contributed by atoms with Gasteiger partial charge in [-0.25, -0.2) is 0 Å². The number of rotatable bonds is 0. The zero-order chi connectivity index (χ0) is 7.42. The van der Waals surface area contributed by atoms with Crippen molar-refractivity contribution in [2.24, 2.45) is 17.8 Å². The van der Waals surface area contributed by atoms with Crippen molar-refractivity contribution in [1.82, 2.24) is 4.90 Å². The Kier molecular flexibility index (Phi) is 1.07. The van der Waals surface area contributed by atoms with Gasteiger partial charge in [0.25, 0.3) is 0 Å². The predicted molar refractivity (Wildman–Crippen MR) is 45.3 cm³/mol. The van der Waals surface area contributed by atoms with Crippen molar-refractivity contribution in [2.45, 2.75) is 12.8 Å². The van der Waals surface area contributed by atoms with Crippen LogP contribution in [-0.4, -0.2) is 24.5 Å². The quantitative estimate of drug-likeness (QED) is 0.472. The SMILES string of the molecule is C=C1C2CC3CC1CN(C3)C2. The molecule has 0 radical (unpaired) electrons. The second kappa shape index (κ2) is 1.89. The van der Waals surface area contributed by atoms with Crippen LogP contribution in [0.5, 0.6) is 0 Å². The summed E-state index contributed by atoms with van der Waals surface area (Å²) in [7, 11) is 0. The molecule has 60 valence electrons. The molecule has 2 atom stereocenters. The molecule has 1 saturated carbocycles. The summed E-state index contributed by atoms with van der Waals surface area (Å²) in [6, 6.07) is 0. The fourth-order valence-corrected chi connectivity index (χ4v) is 3.28. The number of hydrogen-bond donors (Lipinski definition) is 0. The molecule has 1 heteroatoms. The van der Waals surface area contributed by atoms with Gasteiger partial charge in [-0.3, -0.25) is 0 Å². The van der Waals surface area contributed by atoms with Gasteiger partial charge in [0.1, 0.15) is 0 Å². The van der Waals surface area contributed by atoms with Crippen LogP contribution in [0.1, 0.15) is 12.8 Å². The normalized spacial score (nSPS) is 53.6. The molecule has 0 aromatic heterocycles. The maximum absolute atomic E-state index is 4.23. The summed E-state index contributed by atoms with van der Waals surface area (Å²) in [6.45, 7) is 8.27. The second-order valence-corrected chi connectivity index (χ2v) is 4.52. The molecule has 3 heterocycles. The van der Waals surface area contributed by atoms with E-state index in [1.165, 1.54) is 32.5 Å². The average Bonchev–Trinajstić information content (AvgIpc) is 1.98. The first-order valence-corrected chi connectivity index (χ1v) is 4.74. The van der Waals surface area contributed by atoms with Crippen LogP contribution in [0.25, 0.3) is 0 Å². The molecule has 2 unspecified atom stereocenters. The standard InChI is InChI=1S/C10H15N/c1-7-9-2-8-3-10(7)6-11(4-8)5-9/h8-10H,1-6H2. The second-order valence-electron chi connectivity index (χ2n) is 4.52. The van der Waals surface area contributed by atoms with Gasteiger partial charge in [-0.1, -0.05) is 12.2 Å². The molecule has 4 fully saturated rings. The van der Waals surface area contributed by atoms with Crippen LogP contribution in [0.15, 0.2) is 12.2 Å². The fraction of sp³-hybridized carbons (Fsp3) is 0.800. The number of piperidine rings is 3. The summed E-state index contributed by atoms with van der Waals surface area (Å²) < 4.78 is 0. The van der Waals surface area contributed by atoms with Gasteiger partial charge in [-0.15, -0.1) is 0 Å². The van der Waals surface area contributed by atoms with Crippen molar-refractivity contribution < 1.29 is 0 Å². The van der Waals surface area contributed by atoms with E-state index in [4.69, 9.17) is 0 Å². The Balaban J connectivity index is 1.96. The van der Waals surface area contributed by atoms with Crippen molar-refractivity contribution in [3.63, 3.8) is 0 Å². The minimum atomic E-state index is 0.876. The van der Waals surface area contributed by atoms with E-state index in [0.29, 0.717) is 0 Å². The third-order valence-corrected chi connectivity index (χ3v) is 3.76. The number of hydrogen-bond acceptors (Lipinski definition) is 1. The first-order valence-electron chi connectivity index (χ1n) is 4.74. The van der Waals surface area contributed by atoms with Crippen LogP contribution < -0.4 is 0 Å². The van der Waals surface area contributed by atoms with Gasteiger partial charge in [-0.05, 0) is 30.6 Å². The summed E-state index contributed by atoms with van der Waals surface area (Å²) in [6.07, 6.45) is 2.90. The molecule has 4 bridgehead atoms. The minimum absolute atomic E-state index is 0.876. The van der Waals surface area contributed by atoms with Gasteiger partial charge in [0.15, 0.2) is 0 Å². The van der Waals surface area contributed by atoms with Crippen LogP contribution in [0, 0.1) is 17.8 Å². The summed E-state index contributed by atoms with van der Waals surface area (Å²) in [5, 5.41) is 0. The first-order chi connectivity index (χ1) is 5.33. The van der Waals surface area contributed by atoms with Crippen molar-refractivity contribution in [1.29, 1.82) is 0 Å². The highest BCUT2D eigenvalue weighted by molar-refractivity contribution is 5.17. The molecule has 3 saturated heterocycles. The van der Waals surface area contributed by atoms with Gasteiger partial charge in [0, 0.05) is 19.6 Å². The Bertz CT molecular complexity index is 177. The predicted octanol–water partition coefficient (Wildman–Crippen LogP) is 1.51. The van der Waals surface area contributed by atoms with Crippen molar-refractivity contribution in [3.05, 3.63) is 12.2 Å². The van der Waals surface area contributed by atoms with E-state index in [-0.39, 0.29) is 0 Å². The molecule has 0 N–H and O–H groups in total. The van der Waals surface area contributed by atoms with Crippen molar-refractivity contribution in [2.75, 3.05) is 19.6 Å². The molecule has 4 aliphatic rings. The molecule has 11 heavy (non-hydrogen) atoms. The lowest BCUT2D eigenvalue weighted by Crippen LogP contribution is -2.54. The van der Waals surface area contributed by atoms with Crippen molar-refractivity contribution >= 4 is 0 Å². The summed E-state index contributed by atoms with van der Waals surface area (Å²) in [5.74, 6) is 2.78. The minimum Gasteiger partial charge on any atom is -0.302 e. The molecule has 0 amide bonds. The zero-order valence-corrected chi connectivity index (χ0v) is 6.92. The third-order valence-electron chi connectivity index (χ3n) is 3.76. The Morgan fingerprint density at radius 2 is 1.73 bits per heavy atom. The third kappa shape index (κ3) is 0.750. The average molecular weight is 149 g/mol. The molecular formula is C10H15N. The van der Waals surface area contributed by atoms with Gasteiger partial charge in [0.2, 0.25) is 0 Å². The monoisotopic (exact) mass is 149 g/mol. The maximum Gasteiger partial charge on any atom is 0.00475 e. The van der Waals surface area contributed by atoms with E-state index in [9.17, 15) is 0 Å². The van der Waals surface area contributed by atoms with E-state index < -0.39 is 0 Å². The van der Waals surface area contributed by atoms with Gasteiger partial charge < -0.3 is 4.90 Å². The van der Waals surface area contributed by atoms with E-state index in [2.05, 4.69) is 11.5 Å². The molecular weight excluding hydrogens is 134 g/mol. The lowest BCUT2D eigenvalue weighted by Gasteiger charge is -2.52. The molecule has 0 spiro atoms. The topological polar surface area (TPSA) is 3.24 Å². The van der Waals surface area contributed by atoms with Crippen LogP contribution in [0.4, 0.5) is 0 Å². The first kappa shape index (κ1) is 6.24. The number of nitrogens with zero attached hydrogens (tertiary/aromatic N) is 1. The molecule has 0 aromatic rings. The molecule has 1 aliphatic carbocycles. The Labute approximate surface area is 68.1 Å². The van der Waals surface area contributed by atoms with E-state index in [1.54, 1.807) is 5.57 Å². The molecule has 3 aliphatic heterocycles. The van der Waals surface area contributed by atoms with E-state index in [0.717, 1.165) is 17.8 Å². The van der Waals surface area contributed by atoms with Crippen LogP contribution >= 0.6 is 0 Å². The largest absolute Gasteiger partial charge is 0.302 e. The Morgan fingerprint density at radius 1 is 1.09 bits per heavy atom.